The molecule has 3 aromatic rings. The maximum absolute atomic E-state index is 13.6. The lowest BCUT2D eigenvalue weighted by molar-refractivity contribution is -0.145. The van der Waals surface area contributed by atoms with Gasteiger partial charge in [-0.05, 0) is 86.4 Å². The standard InChI is InChI=1S/C30H36ClF6N7O2/c1-4-43(16-20-8-6-19(7-9-20)12-26(45)46-5-2)27-22(13-25(31)15-38-27)18-44(28-39-41-42(3)40-28)17-21-10-23(29(32,33)34)14-24(11-21)30(35,36)37/h10-11,13-15,19-20H,4-9,12,16-18H2,1-3H3/t19-,20-. The predicted molar refractivity (Wildman–Crippen MR) is 159 cm³/mol. The predicted octanol–water partition coefficient (Wildman–Crippen LogP) is 7.09. The number of aryl methyl sites for hydroxylation is 1. The molecule has 1 saturated carbocycles. The van der Waals surface area contributed by atoms with E-state index in [-0.39, 0.29) is 42.6 Å². The maximum atomic E-state index is 13.6. The van der Waals surface area contributed by atoms with Crippen LogP contribution in [-0.4, -0.2) is 50.9 Å². The van der Waals surface area contributed by atoms with Gasteiger partial charge in [0, 0.05) is 37.8 Å². The average Bonchev–Trinajstić information content (AvgIpc) is 3.42. The molecule has 1 aliphatic carbocycles. The second-order valence-electron chi connectivity index (χ2n) is 11.4. The van der Waals surface area contributed by atoms with Crippen LogP contribution < -0.4 is 9.80 Å². The summed E-state index contributed by atoms with van der Waals surface area (Å²) < 4.78 is 86.7. The Balaban J connectivity index is 1.60. The molecule has 1 aliphatic rings. The molecule has 0 N–H and O–H groups in total. The van der Waals surface area contributed by atoms with Crippen molar-refractivity contribution in [2.75, 3.05) is 29.5 Å². The zero-order valence-corrected chi connectivity index (χ0v) is 26.5. The summed E-state index contributed by atoms with van der Waals surface area (Å²) in [5, 5.41) is 12.3. The Hall–Kier alpha value is -3.62. The Morgan fingerprint density at radius 1 is 0.957 bits per heavy atom. The molecule has 252 valence electrons. The molecular formula is C30H36ClF6N7O2. The Kier molecular flexibility index (Phi) is 11.4. The van der Waals surface area contributed by atoms with Gasteiger partial charge in [0.25, 0.3) is 5.95 Å². The van der Waals surface area contributed by atoms with Crippen LogP contribution in [0.1, 0.15) is 68.2 Å². The van der Waals surface area contributed by atoms with E-state index in [2.05, 4.69) is 25.3 Å². The first-order chi connectivity index (χ1) is 21.7. The smallest absolute Gasteiger partial charge is 0.416 e. The molecule has 0 radical (unpaired) electrons. The van der Waals surface area contributed by atoms with Crippen LogP contribution in [0.2, 0.25) is 5.02 Å². The van der Waals surface area contributed by atoms with Gasteiger partial charge in [-0.25, -0.2) is 4.98 Å². The van der Waals surface area contributed by atoms with Crippen molar-refractivity contribution >= 4 is 29.3 Å². The molecule has 2 heterocycles. The minimum absolute atomic E-state index is 0.00219. The third-order valence-corrected chi connectivity index (χ3v) is 8.17. The molecule has 0 bridgehead atoms. The molecule has 0 spiro atoms. The molecule has 1 aromatic carbocycles. The van der Waals surface area contributed by atoms with Crippen LogP contribution in [0.3, 0.4) is 0 Å². The van der Waals surface area contributed by atoms with Crippen molar-refractivity contribution in [3.8, 4) is 0 Å². The summed E-state index contributed by atoms with van der Waals surface area (Å²) in [4.78, 5) is 21.2. The molecule has 0 saturated heterocycles. The van der Waals surface area contributed by atoms with E-state index in [9.17, 15) is 31.1 Å². The summed E-state index contributed by atoms with van der Waals surface area (Å²) in [6.45, 7) is 4.93. The zero-order chi connectivity index (χ0) is 33.6. The van der Waals surface area contributed by atoms with E-state index in [0.717, 1.165) is 30.5 Å². The first kappa shape index (κ1) is 35.2. The number of anilines is 2. The molecule has 9 nitrogen and oxygen atoms in total. The molecule has 46 heavy (non-hydrogen) atoms. The van der Waals surface area contributed by atoms with Crippen molar-refractivity contribution in [3.63, 3.8) is 0 Å². The van der Waals surface area contributed by atoms with Crippen LogP contribution in [0.25, 0.3) is 0 Å². The number of nitrogens with zero attached hydrogens (tertiary/aromatic N) is 7. The highest BCUT2D eigenvalue weighted by atomic mass is 35.5. The largest absolute Gasteiger partial charge is 0.466 e. The molecular weight excluding hydrogens is 640 g/mol. The van der Waals surface area contributed by atoms with E-state index >= 15 is 0 Å². The monoisotopic (exact) mass is 675 g/mol. The fourth-order valence-electron chi connectivity index (χ4n) is 5.76. The summed E-state index contributed by atoms with van der Waals surface area (Å²) in [5.74, 6) is 0.999. The number of aromatic nitrogens is 5. The molecule has 4 rings (SSSR count). The van der Waals surface area contributed by atoms with Crippen molar-refractivity contribution in [1.29, 1.82) is 0 Å². The van der Waals surface area contributed by atoms with Gasteiger partial charge in [0.1, 0.15) is 5.82 Å². The Morgan fingerprint density at radius 3 is 2.13 bits per heavy atom. The fraction of sp³-hybridized carbons (Fsp3) is 0.567. The van der Waals surface area contributed by atoms with Gasteiger partial charge in [-0.15, -0.1) is 5.10 Å². The van der Waals surface area contributed by atoms with Gasteiger partial charge in [-0.1, -0.05) is 16.7 Å². The molecule has 0 unspecified atom stereocenters. The minimum atomic E-state index is -4.99. The van der Waals surface area contributed by atoms with Crippen LogP contribution in [0, 0.1) is 11.8 Å². The van der Waals surface area contributed by atoms with Crippen molar-refractivity contribution < 1.29 is 35.9 Å². The number of esters is 1. The highest BCUT2D eigenvalue weighted by molar-refractivity contribution is 6.30. The number of ether oxygens (including phenoxy) is 1. The van der Waals surface area contributed by atoms with Crippen molar-refractivity contribution in [3.05, 3.63) is 57.7 Å². The zero-order valence-electron chi connectivity index (χ0n) is 25.7. The van der Waals surface area contributed by atoms with E-state index in [1.807, 2.05) is 6.92 Å². The molecule has 1 fully saturated rings. The Labute approximate surface area is 267 Å². The number of carbonyl (C=O) groups is 1. The third kappa shape index (κ3) is 9.46. The minimum Gasteiger partial charge on any atom is -0.466 e. The summed E-state index contributed by atoms with van der Waals surface area (Å²) in [7, 11) is 1.49. The average molecular weight is 676 g/mol. The molecule has 16 heteroatoms. The number of carbonyl (C=O) groups excluding carboxylic acids is 1. The lowest BCUT2D eigenvalue weighted by Crippen LogP contribution is -2.34. The summed E-state index contributed by atoms with van der Waals surface area (Å²) >= 11 is 6.34. The normalized spacial score (nSPS) is 17.2. The number of benzene rings is 1. The van der Waals surface area contributed by atoms with Gasteiger partial charge in [0.2, 0.25) is 0 Å². The van der Waals surface area contributed by atoms with Gasteiger partial charge in [-0.3, -0.25) is 4.79 Å². The third-order valence-electron chi connectivity index (χ3n) is 7.96. The van der Waals surface area contributed by atoms with Gasteiger partial charge in [0.15, 0.2) is 0 Å². The van der Waals surface area contributed by atoms with Crippen LogP contribution in [-0.2, 0) is 42.0 Å². The number of hydrogen-bond donors (Lipinski definition) is 0. The van der Waals surface area contributed by atoms with E-state index in [1.165, 1.54) is 18.1 Å². The lowest BCUT2D eigenvalue weighted by atomic mass is 9.80. The number of hydrogen-bond acceptors (Lipinski definition) is 8. The second-order valence-corrected chi connectivity index (χ2v) is 11.9. The summed E-state index contributed by atoms with van der Waals surface area (Å²) in [6, 6.07) is 3.13. The van der Waals surface area contributed by atoms with E-state index < -0.39 is 23.5 Å². The molecule has 2 aromatic heterocycles. The number of halogens is 7. The number of alkyl halides is 6. The first-order valence-corrected chi connectivity index (χ1v) is 15.4. The van der Waals surface area contributed by atoms with E-state index in [1.54, 1.807) is 13.0 Å². The highest BCUT2D eigenvalue weighted by Crippen LogP contribution is 2.37. The van der Waals surface area contributed by atoms with Crippen molar-refractivity contribution in [2.45, 2.75) is 71.4 Å². The van der Waals surface area contributed by atoms with Crippen LogP contribution in [0.5, 0.6) is 0 Å². The molecule has 0 aliphatic heterocycles. The lowest BCUT2D eigenvalue weighted by Gasteiger charge is -2.34. The van der Waals surface area contributed by atoms with Gasteiger partial charge in [-0.2, -0.15) is 31.1 Å². The fourth-order valence-corrected chi connectivity index (χ4v) is 5.94. The van der Waals surface area contributed by atoms with Gasteiger partial charge >= 0.3 is 18.3 Å². The quantitative estimate of drug-likeness (QED) is 0.149. The highest BCUT2D eigenvalue weighted by Gasteiger charge is 2.37. The van der Waals surface area contributed by atoms with E-state index in [0.29, 0.717) is 60.6 Å². The topological polar surface area (TPSA) is 89.3 Å². The van der Waals surface area contributed by atoms with Crippen LogP contribution in [0.4, 0.5) is 38.1 Å². The number of tetrazole rings is 1. The second kappa shape index (κ2) is 14.9. The molecule has 0 amide bonds. The van der Waals surface area contributed by atoms with Crippen molar-refractivity contribution in [1.82, 2.24) is 25.2 Å². The summed E-state index contributed by atoms with van der Waals surface area (Å²) in [5.41, 5.74) is -2.48. The van der Waals surface area contributed by atoms with Gasteiger partial charge in [0.05, 0.1) is 36.3 Å². The Morgan fingerprint density at radius 2 is 1.59 bits per heavy atom. The number of pyridine rings is 1. The van der Waals surface area contributed by atoms with Gasteiger partial charge < -0.3 is 14.5 Å². The van der Waals surface area contributed by atoms with Crippen molar-refractivity contribution in [2.24, 2.45) is 18.9 Å². The number of rotatable bonds is 12. The van der Waals surface area contributed by atoms with Crippen LogP contribution in [0.15, 0.2) is 30.5 Å². The maximum Gasteiger partial charge on any atom is 0.416 e. The van der Waals surface area contributed by atoms with E-state index in [4.69, 9.17) is 16.3 Å². The molecule has 0 atom stereocenters. The Bertz CT molecular complexity index is 1440. The van der Waals surface area contributed by atoms with Crippen LogP contribution >= 0.6 is 11.6 Å². The first-order valence-electron chi connectivity index (χ1n) is 15.0. The summed E-state index contributed by atoms with van der Waals surface area (Å²) in [6.07, 6.45) is -4.47. The SMILES string of the molecule is CCOC(=O)C[C@H]1CC[C@H](CN(CC)c2ncc(Cl)cc2CN(Cc2cc(C(F)(F)F)cc(C(F)(F)F)c2)c2nnn(C)n2)CC1.